The van der Waals surface area contributed by atoms with E-state index < -0.39 is 4.92 Å². The van der Waals surface area contributed by atoms with Gasteiger partial charge in [0, 0.05) is 17.7 Å². The fourth-order valence-electron chi connectivity index (χ4n) is 2.77. The quantitative estimate of drug-likeness (QED) is 0.412. The number of nitrogens with one attached hydrogen (secondary N) is 1. The molecule has 0 spiro atoms. The van der Waals surface area contributed by atoms with E-state index in [0.717, 1.165) is 16.3 Å². The van der Waals surface area contributed by atoms with Crippen LogP contribution in [0.2, 0.25) is 0 Å². The fraction of sp³-hybridized carbons (Fsp3) is 0.100. The van der Waals surface area contributed by atoms with E-state index in [1.165, 1.54) is 31.5 Å². The van der Waals surface area contributed by atoms with Crippen LogP contribution in [0.15, 0.2) is 65.8 Å². The highest BCUT2D eigenvalue weighted by atomic mass is 16.6. The van der Waals surface area contributed by atoms with Gasteiger partial charge in [-0.2, -0.15) is 5.10 Å². The summed E-state index contributed by atoms with van der Waals surface area (Å²) in [5.41, 5.74) is 3.66. The lowest BCUT2D eigenvalue weighted by molar-refractivity contribution is -0.384. The molecule has 0 unspecified atom stereocenters. The van der Waals surface area contributed by atoms with Crippen molar-refractivity contribution in [2.24, 2.45) is 5.10 Å². The Morgan fingerprint density at radius 1 is 1.19 bits per heavy atom. The molecule has 7 heteroatoms. The van der Waals surface area contributed by atoms with Gasteiger partial charge in [0.2, 0.25) is 5.91 Å². The Kier molecular flexibility index (Phi) is 5.41. The van der Waals surface area contributed by atoms with Gasteiger partial charge >= 0.3 is 0 Å². The summed E-state index contributed by atoms with van der Waals surface area (Å²) in [6, 6.07) is 17.8. The average Bonchev–Trinajstić information content (AvgIpc) is 2.68. The summed E-state index contributed by atoms with van der Waals surface area (Å²) >= 11 is 0. The standard InChI is InChI=1S/C20H17N3O4/c1-27-19-10-9-17(23(25)26)11-16(19)13-21-22-20(24)12-15-7-4-6-14-5-2-3-8-18(14)15/h2-11,13H,12H2,1H3,(H,22,24). The summed E-state index contributed by atoms with van der Waals surface area (Å²) < 4.78 is 5.15. The van der Waals surface area contributed by atoms with Gasteiger partial charge in [-0.1, -0.05) is 42.5 Å². The van der Waals surface area contributed by atoms with Crippen molar-refractivity contribution in [1.29, 1.82) is 0 Å². The molecule has 27 heavy (non-hydrogen) atoms. The van der Waals surface area contributed by atoms with Crippen LogP contribution in [0.5, 0.6) is 5.75 Å². The zero-order chi connectivity index (χ0) is 19.2. The first kappa shape index (κ1) is 18.1. The lowest BCUT2D eigenvalue weighted by atomic mass is 10.0. The molecule has 0 atom stereocenters. The van der Waals surface area contributed by atoms with E-state index in [4.69, 9.17) is 4.74 Å². The molecule has 0 radical (unpaired) electrons. The van der Waals surface area contributed by atoms with Crippen molar-refractivity contribution >= 4 is 28.6 Å². The molecule has 3 rings (SSSR count). The van der Waals surface area contributed by atoms with Crippen LogP contribution in [-0.2, 0) is 11.2 Å². The second-order valence-corrected chi connectivity index (χ2v) is 5.79. The number of nitrogens with zero attached hydrogens (tertiary/aromatic N) is 2. The number of methoxy groups -OCH3 is 1. The summed E-state index contributed by atoms with van der Waals surface area (Å²) in [7, 11) is 1.46. The van der Waals surface area contributed by atoms with Crippen LogP contribution in [0.25, 0.3) is 10.8 Å². The highest BCUT2D eigenvalue weighted by Gasteiger charge is 2.10. The van der Waals surface area contributed by atoms with Gasteiger partial charge < -0.3 is 4.74 Å². The van der Waals surface area contributed by atoms with Crippen molar-refractivity contribution in [1.82, 2.24) is 5.43 Å². The molecule has 0 aliphatic rings. The van der Waals surface area contributed by atoms with Crippen LogP contribution in [-0.4, -0.2) is 24.2 Å². The number of amides is 1. The van der Waals surface area contributed by atoms with E-state index in [1.54, 1.807) is 0 Å². The maximum atomic E-state index is 12.2. The Balaban J connectivity index is 1.72. The van der Waals surface area contributed by atoms with Gasteiger partial charge in [0.05, 0.1) is 24.7 Å². The van der Waals surface area contributed by atoms with Gasteiger partial charge in [0.15, 0.2) is 0 Å². The maximum absolute atomic E-state index is 12.2. The van der Waals surface area contributed by atoms with Crippen LogP contribution < -0.4 is 10.2 Å². The Morgan fingerprint density at radius 2 is 1.96 bits per heavy atom. The number of nitro benzene ring substituents is 1. The first-order chi connectivity index (χ1) is 13.1. The molecule has 0 aromatic heterocycles. The molecule has 7 nitrogen and oxygen atoms in total. The normalized spacial score (nSPS) is 10.9. The first-order valence-corrected chi connectivity index (χ1v) is 8.19. The number of hydrogen-bond acceptors (Lipinski definition) is 5. The number of nitro groups is 1. The zero-order valence-corrected chi connectivity index (χ0v) is 14.6. The lowest BCUT2D eigenvalue weighted by Gasteiger charge is -2.06. The molecule has 3 aromatic carbocycles. The van der Waals surface area contributed by atoms with Crippen molar-refractivity contribution in [2.75, 3.05) is 7.11 Å². The van der Waals surface area contributed by atoms with Crippen molar-refractivity contribution < 1.29 is 14.5 Å². The molecule has 0 heterocycles. The highest BCUT2D eigenvalue weighted by Crippen LogP contribution is 2.22. The first-order valence-electron chi connectivity index (χ1n) is 8.19. The minimum absolute atomic E-state index is 0.0840. The topological polar surface area (TPSA) is 93.8 Å². The highest BCUT2D eigenvalue weighted by molar-refractivity contribution is 5.91. The molecule has 0 fully saturated rings. The number of hydrogen-bond donors (Lipinski definition) is 1. The van der Waals surface area contributed by atoms with Gasteiger partial charge in [-0.25, -0.2) is 5.43 Å². The van der Waals surface area contributed by atoms with Crippen molar-refractivity contribution in [3.05, 3.63) is 81.9 Å². The third-order valence-electron chi connectivity index (χ3n) is 4.05. The molecule has 0 aliphatic carbocycles. The summed E-state index contributed by atoms with van der Waals surface area (Å²) in [5.74, 6) is 0.139. The third kappa shape index (κ3) is 4.27. The average molecular weight is 363 g/mol. The summed E-state index contributed by atoms with van der Waals surface area (Å²) in [6.07, 6.45) is 1.50. The SMILES string of the molecule is COc1ccc([N+](=O)[O-])cc1C=NNC(=O)Cc1cccc2ccccc12. The number of hydrazone groups is 1. The number of carbonyl (C=O) groups excluding carboxylic acids is 1. The van der Waals surface area contributed by atoms with Crippen molar-refractivity contribution in [3.8, 4) is 5.75 Å². The lowest BCUT2D eigenvalue weighted by Crippen LogP contribution is -2.20. The molecular weight excluding hydrogens is 346 g/mol. The summed E-state index contributed by atoms with van der Waals surface area (Å²) in [5, 5.41) is 16.9. The van der Waals surface area contributed by atoms with Crippen LogP contribution in [0, 0.1) is 10.1 Å². The summed E-state index contributed by atoms with van der Waals surface area (Å²) in [4.78, 5) is 22.6. The van der Waals surface area contributed by atoms with E-state index in [2.05, 4.69) is 10.5 Å². The van der Waals surface area contributed by atoms with Crippen LogP contribution in [0.1, 0.15) is 11.1 Å². The van der Waals surface area contributed by atoms with Gasteiger partial charge in [0.1, 0.15) is 5.75 Å². The van der Waals surface area contributed by atoms with Crippen molar-refractivity contribution in [3.63, 3.8) is 0 Å². The molecule has 1 amide bonds. The molecule has 3 aromatic rings. The Bertz CT molecular complexity index is 1030. The Labute approximate surface area is 155 Å². The second kappa shape index (κ2) is 8.09. The third-order valence-corrected chi connectivity index (χ3v) is 4.05. The van der Waals surface area contributed by atoms with Crippen LogP contribution >= 0.6 is 0 Å². The predicted molar refractivity (Wildman–Crippen MR) is 103 cm³/mol. The number of ether oxygens (including phenoxy) is 1. The number of benzene rings is 3. The van der Waals surface area contributed by atoms with Gasteiger partial charge in [-0.3, -0.25) is 14.9 Å². The minimum atomic E-state index is -0.504. The van der Waals surface area contributed by atoms with E-state index in [9.17, 15) is 14.9 Å². The predicted octanol–water partition coefficient (Wildman–Crippen LogP) is 3.45. The van der Waals surface area contributed by atoms with Crippen LogP contribution in [0.4, 0.5) is 5.69 Å². The van der Waals surface area contributed by atoms with E-state index in [-0.39, 0.29) is 18.0 Å². The number of carbonyl (C=O) groups is 1. The zero-order valence-electron chi connectivity index (χ0n) is 14.6. The largest absolute Gasteiger partial charge is 0.496 e. The van der Waals surface area contributed by atoms with E-state index in [1.807, 2.05) is 42.5 Å². The second-order valence-electron chi connectivity index (χ2n) is 5.79. The van der Waals surface area contributed by atoms with E-state index in [0.29, 0.717) is 11.3 Å². The van der Waals surface area contributed by atoms with Crippen molar-refractivity contribution in [2.45, 2.75) is 6.42 Å². The molecule has 136 valence electrons. The van der Waals surface area contributed by atoms with Gasteiger partial charge in [-0.05, 0) is 22.4 Å². The minimum Gasteiger partial charge on any atom is -0.496 e. The van der Waals surface area contributed by atoms with Crippen LogP contribution in [0.3, 0.4) is 0 Å². The number of non-ortho nitro benzene ring substituents is 1. The fourth-order valence-corrected chi connectivity index (χ4v) is 2.77. The van der Waals surface area contributed by atoms with Gasteiger partial charge in [0.25, 0.3) is 5.69 Å². The smallest absolute Gasteiger partial charge is 0.270 e. The molecule has 0 aliphatic heterocycles. The maximum Gasteiger partial charge on any atom is 0.270 e. The Morgan fingerprint density at radius 3 is 2.74 bits per heavy atom. The van der Waals surface area contributed by atoms with E-state index >= 15 is 0 Å². The molecule has 0 saturated carbocycles. The molecule has 0 saturated heterocycles. The monoisotopic (exact) mass is 363 g/mol. The number of rotatable bonds is 6. The number of fused-ring (bicyclic) bond motifs is 1. The molecule has 0 bridgehead atoms. The summed E-state index contributed by atoms with van der Waals surface area (Å²) in [6.45, 7) is 0. The van der Waals surface area contributed by atoms with Gasteiger partial charge in [-0.15, -0.1) is 0 Å². The Hall–Kier alpha value is -3.74. The molecular formula is C20H17N3O4. The molecule has 1 N–H and O–H groups in total.